The van der Waals surface area contributed by atoms with E-state index in [2.05, 4.69) is 75.3 Å². The summed E-state index contributed by atoms with van der Waals surface area (Å²) in [6, 6.07) is 18.6. The zero-order chi connectivity index (χ0) is 20.8. The van der Waals surface area contributed by atoms with Crippen LogP contribution in [-0.2, 0) is 13.2 Å². The molecule has 0 unspecified atom stereocenters. The van der Waals surface area contributed by atoms with E-state index < -0.39 is 0 Å². The smallest absolute Gasteiger partial charge is 0.175 e. The lowest BCUT2D eigenvalue weighted by atomic mass is 10.1. The van der Waals surface area contributed by atoms with E-state index in [4.69, 9.17) is 9.47 Å². The van der Waals surface area contributed by atoms with E-state index in [1.54, 1.807) is 0 Å². The van der Waals surface area contributed by atoms with E-state index >= 15 is 0 Å². The quantitative estimate of drug-likeness (QED) is 0.336. The van der Waals surface area contributed by atoms with E-state index in [1.807, 2.05) is 37.3 Å². The number of hydrogen-bond acceptors (Lipinski definition) is 3. The number of rotatable bonds is 8. The lowest BCUT2D eigenvalue weighted by Crippen LogP contribution is -2.04. The number of aryl methyl sites for hydroxylation is 2. The SMILES string of the molecule is CCOc1cc(CNc2ccc(C)c(C)c2)cc(Br)c1OCc1ccc(Br)cc1. The normalized spacial score (nSPS) is 10.7. The first kappa shape index (κ1) is 21.7. The van der Waals surface area contributed by atoms with Crippen molar-refractivity contribution >= 4 is 37.5 Å². The van der Waals surface area contributed by atoms with Crippen molar-refractivity contribution in [2.75, 3.05) is 11.9 Å². The van der Waals surface area contributed by atoms with Gasteiger partial charge in [0.15, 0.2) is 11.5 Å². The molecule has 0 aliphatic heterocycles. The fourth-order valence-corrected chi connectivity index (χ4v) is 3.79. The minimum atomic E-state index is 0.478. The van der Waals surface area contributed by atoms with Gasteiger partial charge in [-0.1, -0.05) is 34.1 Å². The van der Waals surface area contributed by atoms with E-state index in [-0.39, 0.29) is 0 Å². The van der Waals surface area contributed by atoms with Crippen molar-refractivity contribution in [1.82, 2.24) is 0 Å². The Morgan fingerprint density at radius 3 is 2.28 bits per heavy atom. The molecule has 3 aromatic rings. The molecule has 0 aliphatic rings. The Bertz CT molecular complexity index is 971. The minimum absolute atomic E-state index is 0.478. The zero-order valence-corrected chi connectivity index (χ0v) is 20.1. The Labute approximate surface area is 189 Å². The maximum atomic E-state index is 6.09. The summed E-state index contributed by atoms with van der Waals surface area (Å²) >= 11 is 7.12. The van der Waals surface area contributed by atoms with Gasteiger partial charge in [-0.3, -0.25) is 0 Å². The van der Waals surface area contributed by atoms with Gasteiger partial charge >= 0.3 is 0 Å². The molecule has 0 saturated carbocycles. The Balaban J connectivity index is 1.74. The summed E-state index contributed by atoms with van der Waals surface area (Å²) in [5.41, 5.74) is 5.91. The van der Waals surface area contributed by atoms with Crippen LogP contribution < -0.4 is 14.8 Å². The predicted molar refractivity (Wildman–Crippen MR) is 127 cm³/mol. The molecule has 1 N–H and O–H groups in total. The number of ether oxygens (including phenoxy) is 2. The van der Waals surface area contributed by atoms with Crippen LogP contribution in [0.4, 0.5) is 5.69 Å². The monoisotopic (exact) mass is 517 g/mol. The van der Waals surface area contributed by atoms with E-state index in [9.17, 15) is 0 Å². The number of nitrogens with one attached hydrogen (secondary N) is 1. The highest BCUT2D eigenvalue weighted by Crippen LogP contribution is 2.37. The van der Waals surface area contributed by atoms with Crippen LogP contribution in [0, 0.1) is 13.8 Å². The van der Waals surface area contributed by atoms with Crippen molar-refractivity contribution < 1.29 is 9.47 Å². The molecule has 29 heavy (non-hydrogen) atoms. The van der Waals surface area contributed by atoms with Gasteiger partial charge in [-0.05, 0) is 95.4 Å². The Morgan fingerprint density at radius 1 is 0.828 bits per heavy atom. The predicted octanol–water partition coefficient (Wildman–Crippen LogP) is 7.42. The first-order chi connectivity index (χ1) is 14.0. The summed E-state index contributed by atoms with van der Waals surface area (Å²) in [6.45, 7) is 7.99. The third kappa shape index (κ3) is 6.00. The number of halogens is 2. The standard InChI is InChI=1S/C24H25Br2NO2/c1-4-28-23-13-19(14-27-21-10-5-16(2)17(3)11-21)12-22(26)24(23)29-15-18-6-8-20(25)9-7-18/h5-13,27H,4,14-15H2,1-3H3. The van der Waals surface area contributed by atoms with Crippen molar-refractivity contribution in [2.45, 2.75) is 33.9 Å². The molecular weight excluding hydrogens is 494 g/mol. The van der Waals surface area contributed by atoms with Crippen LogP contribution in [0.2, 0.25) is 0 Å². The molecule has 0 saturated heterocycles. The van der Waals surface area contributed by atoms with Crippen molar-refractivity contribution in [2.24, 2.45) is 0 Å². The van der Waals surface area contributed by atoms with Crippen LogP contribution in [-0.4, -0.2) is 6.61 Å². The average molecular weight is 519 g/mol. The molecule has 5 heteroatoms. The second-order valence-corrected chi connectivity index (χ2v) is 8.68. The van der Waals surface area contributed by atoms with E-state index in [1.165, 1.54) is 11.1 Å². The van der Waals surface area contributed by atoms with Crippen LogP contribution in [0.15, 0.2) is 63.5 Å². The molecule has 0 fully saturated rings. The van der Waals surface area contributed by atoms with Crippen LogP contribution in [0.25, 0.3) is 0 Å². The highest BCUT2D eigenvalue weighted by atomic mass is 79.9. The van der Waals surface area contributed by atoms with Gasteiger partial charge in [0.05, 0.1) is 11.1 Å². The Morgan fingerprint density at radius 2 is 1.59 bits per heavy atom. The Kier molecular flexibility index (Phi) is 7.62. The average Bonchev–Trinajstić information content (AvgIpc) is 2.70. The Hall–Kier alpha value is -1.98. The highest BCUT2D eigenvalue weighted by Gasteiger charge is 2.13. The van der Waals surface area contributed by atoms with Crippen LogP contribution in [0.1, 0.15) is 29.2 Å². The van der Waals surface area contributed by atoms with Crippen LogP contribution >= 0.6 is 31.9 Å². The molecule has 3 rings (SSSR count). The summed E-state index contributed by atoms with van der Waals surface area (Å²) in [5, 5.41) is 3.49. The van der Waals surface area contributed by atoms with Gasteiger partial charge in [0, 0.05) is 16.7 Å². The fourth-order valence-electron chi connectivity index (χ4n) is 2.92. The molecule has 0 atom stereocenters. The highest BCUT2D eigenvalue weighted by molar-refractivity contribution is 9.10. The lowest BCUT2D eigenvalue weighted by molar-refractivity contribution is 0.267. The first-order valence-electron chi connectivity index (χ1n) is 9.60. The lowest BCUT2D eigenvalue weighted by Gasteiger charge is -2.16. The van der Waals surface area contributed by atoms with Gasteiger partial charge in [0.25, 0.3) is 0 Å². The second-order valence-electron chi connectivity index (χ2n) is 6.91. The van der Waals surface area contributed by atoms with Crippen molar-refractivity contribution in [3.8, 4) is 11.5 Å². The summed E-state index contributed by atoms with van der Waals surface area (Å²) in [4.78, 5) is 0. The largest absolute Gasteiger partial charge is 0.490 e. The third-order valence-corrected chi connectivity index (χ3v) is 5.79. The summed E-state index contributed by atoms with van der Waals surface area (Å²) in [5.74, 6) is 1.47. The molecule has 0 aliphatic carbocycles. The molecule has 0 bridgehead atoms. The molecule has 152 valence electrons. The van der Waals surface area contributed by atoms with Crippen molar-refractivity contribution in [3.63, 3.8) is 0 Å². The molecule has 0 spiro atoms. The maximum absolute atomic E-state index is 6.09. The molecule has 0 radical (unpaired) electrons. The first-order valence-corrected chi connectivity index (χ1v) is 11.2. The van der Waals surface area contributed by atoms with Crippen molar-refractivity contribution in [3.05, 3.63) is 85.8 Å². The van der Waals surface area contributed by atoms with Gasteiger partial charge in [-0.2, -0.15) is 0 Å². The van der Waals surface area contributed by atoms with E-state index in [0.717, 1.165) is 37.3 Å². The third-order valence-electron chi connectivity index (χ3n) is 4.67. The minimum Gasteiger partial charge on any atom is -0.490 e. The molecule has 0 amide bonds. The maximum Gasteiger partial charge on any atom is 0.175 e. The summed E-state index contributed by atoms with van der Waals surface area (Å²) in [7, 11) is 0. The molecule has 3 nitrogen and oxygen atoms in total. The summed E-state index contributed by atoms with van der Waals surface area (Å²) < 4.78 is 13.9. The van der Waals surface area contributed by atoms with Gasteiger partial charge in [0.2, 0.25) is 0 Å². The zero-order valence-electron chi connectivity index (χ0n) is 16.9. The van der Waals surface area contributed by atoms with Crippen LogP contribution in [0.3, 0.4) is 0 Å². The molecule has 0 aromatic heterocycles. The van der Waals surface area contributed by atoms with E-state index in [0.29, 0.717) is 19.8 Å². The molecule has 3 aromatic carbocycles. The van der Waals surface area contributed by atoms with Gasteiger partial charge in [0.1, 0.15) is 6.61 Å². The van der Waals surface area contributed by atoms with Crippen LogP contribution in [0.5, 0.6) is 11.5 Å². The molecular formula is C24H25Br2NO2. The van der Waals surface area contributed by atoms with Gasteiger partial charge in [-0.25, -0.2) is 0 Å². The molecule has 0 heterocycles. The van der Waals surface area contributed by atoms with Gasteiger partial charge in [-0.15, -0.1) is 0 Å². The fraction of sp³-hybridized carbons (Fsp3) is 0.250. The van der Waals surface area contributed by atoms with Gasteiger partial charge < -0.3 is 14.8 Å². The number of benzene rings is 3. The van der Waals surface area contributed by atoms with Crippen molar-refractivity contribution in [1.29, 1.82) is 0 Å². The second kappa shape index (κ2) is 10.2. The topological polar surface area (TPSA) is 30.5 Å². The number of anilines is 1. The number of hydrogen-bond donors (Lipinski definition) is 1. The summed E-state index contributed by atoms with van der Waals surface area (Å²) in [6.07, 6.45) is 0.